The molecule has 1 N–H and O–H groups in total. The second-order valence-electron chi connectivity index (χ2n) is 2.63. The van der Waals surface area contributed by atoms with Gasteiger partial charge in [-0.2, -0.15) is 5.48 Å². The highest BCUT2D eigenvalue weighted by molar-refractivity contribution is 5.90. The molecule has 4 nitrogen and oxygen atoms in total. The Kier molecular flexibility index (Phi) is 3.67. The van der Waals surface area contributed by atoms with E-state index in [0.29, 0.717) is 5.56 Å². The highest BCUT2D eigenvalue weighted by Crippen LogP contribution is 1.99. The quantitative estimate of drug-likeness (QED) is 0.720. The van der Waals surface area contributed by atoms with E-state index in [-0.39, 0.29) is 12.3 Å². The highest BCUT2D eigenvalue weighted by Gasteiger charge is 2.07. The van der Waals surface area contributed by atoms with Crippen LogP contribution in [-0.4, -0.2) is 11.9 Å². The van der Waals surface area contributed by atoms with E-state index in [1.807, 2.05) is 5.48 Å². The fourth-order valence-corrected chi connectivity index (χ4v) is 0.809. The first-order valence-corrected chi connectivity index (χ1v) is 4.29. The van der Waals surface area contributed by atoms with Crippen LogP contribution in [0.2, 0.25) is 0 Å². The number of nitrogens with one attached hydrogen (secondary N) is 1. The second kappa shape index (κ2) is 5.01. The van der Waals surface area contributed by atoms with Crippen LogP contribution >= 0.6 is 0 Å². The topological polar surface area (TPSA) is 55.4 Å². The third-order valence-corrected chi connectivity index (χ3v) is 1.59. The molecule has 4 heteroatoms. The standard InChI is InChI=1S/C10H11NO3/c1-2-9(12)11-14-10(13)8-6-4-3-5-7-8/h3-7H,2H2,1H3,(H,11,12). The molecule has 0 spiro atoms. The fraction of sp³-hybridized carbons (Fsp3) is 0.200. The average molecular weight is 193 g/mol. The van der Waals surface area contributed by atoms with Crippen molar-refractivity contribution in [2.75, 3.05) is 0 Å². The molecule has 0 unspecified atom stereocenters. The van der Waals surface area contributed by atoms with Gasteiger partial charge in [-0.3, -0.25) is 4.79 Å². The van der Waals surface area contributed by atoms with Gasteiger partial charge in [-0.25, -0.2) is 4.79 Å². The third kappa shape index (κ3) is 2.90. The summed E-state index contributed by atoms with van der Waals surface area (Å²) in [6.45, 7) is 1.67. The van der Waals surface area contributed by atoms with Gasteiger partial charge in [0.2, 0.25) is 0 Å². The Morgan fingerprint density at radius 1 is 1.29 bits per heavy atom. The van der Waals surface area contributed by atoms with Gasteiger partial charge in [0, 0.05) is 6.42 Å². The van der Waals surface area contributed by atoms with E-state index in [1.165, 1.54) is 0 Å². The molecule has 0 aliphatic carbocycles. The molecule has 0 aliphatic heterocycles. The molecule has 0 fully saturated rings. The lowest BCUT2D eigenvalue weighted by molar-refractivity contribution is -0.129. The predicted octanol–water partition coefficient (Wildman–Crippen LogP) is 1.28. The van der Waals surface area contributed by atoms with Crippen molar-refractivity contribution in [3.05, 3.63) is 35.9 Å². The summed E-state index contributed by atoms with van der Waals surface area (Å²) in [7, 11) is 0. The molecule has 1 aromatic rings. The average Bonchev–Trinajstić information content (AvgIpc) is 2.26. The van der Waals surface area contributed by atoms with Crippen LogP contribution in [0.1, 0.15) is 23.7 Å². The van der Waals surface area contributed by atoms with E-state index in [0.717, 1.165) is 0 Å². The SMILES string of the molecule is CCC(=O)NOC(=O)c1ccccc1. The molecule has 1 rings (SSSR count). The molecule has 74 valence electrons. The first-order chi connectivity index (χ1) is 6.74. The second-order valence-corrected chi connectivity index (χ2v) is 2.63. The first-order valence-electron chi connectivity index (χ1n) is 4.29. The molecule has 0 bridgehead atoms. The highest BCUT2D eigenvalue weighted by atomic mass is 16.7. The van der Waals surface area contributed by atoms with Gasteiger partial charge >= 0.3 is 5.97 Å². The van der Waals surface area contributed by atoms with Crippen molar-refractivity contribution in [3.8, 4) is 0 Å². The number of benzene rings is 1. The summed E-state index contributed by atoms with van der Waals surface area (Å²) in [6.07, 6.45) is 0.280. The van der Waals surface area contributed by atoms with E-state index in [2.05, 4.69) is 4.84 Å². The smallest absolute Gasteiger partial charge is 0.335 e. The fourth-order valence-electron chi connectivity index (χ4n) is 0.809. The normalized spacial score (nSPS) is 9.21. The van der Waals surface area contributed by atoms with E-state index >= 15 is 0 Å². The van der Waals surface area contributed by atoms with Crippen molar-refractivity contribution in [1.82, 2.24) is 5.48 Å². The molecular formula is C10H11NO3. The number of amides is 1. The zero-order valence-electron chi connectivity index (χ0n) is 7.82. The van der Waals surface area contributed by atoms with Crippen LogP contribution in [0.3, 0.4) is 0 Å². The van der Waals surface area contributed by atoms with Gasteiger partial charge in [0.15, 0.2) is 0 Å². The summed E-state index contributed by atoms with van der Waals surface area (Å²) >= 11 is 0. The van der Waals surface area contributed by atoms with E-state index < -0.39 is 5.97 Å². The van der Waals surface area contributed by atoms with E-state index in [9.17, 15) is 9.59 Å². The van der Waals surface area contributed by atoms with Crippen LogP contribution in [0.15, 0.2) is 30.3 Å². The molecule has 0 saturated carbocycles. The molecule has 14 heavy (non-hydrogen) atoms. The van der Waals surface area contributed by atoms with Crippen molar-refractivity contribution < 1.29 is 14.4 Å². The molecular weight excluding hydrogens is 182 g/mol. The van der Waals surface area contributed by atoms with Crippen LogP contribution in [0, 0.1) is 0 Å². The lowest BCUT2D eigenvalue weighted by Gasteiger charge is -2.03. The number of hydrogen-bond acceptors (Lipinski definition) is 3. The van der Waals surface area contributed by atoms with Gasteiger partial charge in [0.05, 0.1) is 5.56 Å². The molecule has 0 heterocycles. The number of hydrogen-bond donors (Lipinski definition) is 1. The Morgan fingerprint density at radius 3 is 2.50 bits per heavy atom. The van der Waals surface area contributed by atoms with E-state index in [1.54, 1.807) is 37.3 Å². The van der Waals surface area contributed by atoms with Crippen molar-refractivity contribution in [3.63, 3.8) is 0 Å². The lowest BCUT2D eigenvalue weighted by Crippen LogP contribution is -2.26. The summed E-state index contributed by atoms with van der Waals surface area (Å²) in [5.41, 5.74) is 2.45. The summed E-state index contributed by atoms with van der Waals surface area (Å²) in [5, 5.41) is 0. The van der Waals surface area contributed by atoms with Gasteiger partial charge in [-0.1, -0.05) is 25.1 Å². The van der Waals surface area contributed by atoms with Gasteiger partial charge in [0.1, 0.15) is 0 Å². The van der Waals surface area contributed by atoms with Crippen molar-refractivity contribution >= 4 is 11.9 Å². The Morgan fingerprint density at radius 2 is 1.93 bits per heavy atom. The monoisotopic (exact) mass is 193 g/mol. The number of hydroxylamine groups is 1. The van der Waals surface area contributed by atoms with Gasteiger partial charge in [0.25, 0.3) is 5.91 Å². The van der Waals surface area contributed by atoms with Crippen molar-refractivity contribution in [2.45, 2.75) is 13.3 Å². The Balaban J connectivity index is 2.48. The van der Waals surface area contributed by atoms with Crippen molar-refractivity contribution in [2.24, 2.45) is 0 Å². The Labute approximate surface area is 81.8 Å². The van der Waals surface area contributed by atoms with Crippen LogP contribution in [-0.2, 0) is 9.63 Å². The maximum absolute atomic E-state index is 11.2. The molecule has 1 aromatic carbocycles. The maximum Gasteiger partial charge on any atom is 0.362 e. The van der Waals surface area contributed by atoms with E-state index in [4.69, 9.17) is 0 Å². The van der Waals surface area contributed by atoms with Gasteiger partial charge in [-0.05, 0) is 12.1 Å². The third-order valence-electron chi connectivity index (χ3n) is 1.59. The number of carbonyl (C=O) groups excluding carboxylic acids is 2. The van der Waals surface area contributed by atoms with Crippen LogP contribution in [0.4, 0.5) is 0 Å². The van der Waals surface area contributed by atoms with Crippen LogP contribution in [0.25, 0.3) is 0 Å². The molecule has 0 aromatic heterocycles. The number of rotatable bonds is 2. The molecule has 0 aliphatic rings. The largest absolute Gasteiger partial charge is 0.362 e. The zero-order valence-corrected chi connectivity index (χ0v) is 7.82. The van der Waals surface area contributed by atoms with Crippen LogP contribution in [0.5, 0.6) is 0 Å². The molecule has 0 radical (unpaired) electrons. The minimum Gasteiger partial charge on any atom is -0.335 e. The minimum absolute atomic E-state index is 0.280. The van der Waals surface area contributed by atoms with Gasteiger partial charge in [-0.15, -0.1) is 0 Å². The summed E-state index contributed by atoms with van der Waals surface area (Å²) in [4.78, 5) is 26.5. The van der Waals surface area contributed by atoms with Crippen molar-refractivity contribution in [1.29, 1.82) is 0 Å². The Bertz CT molecular complexity index is 321. The summed E-state index contributed by atoms with van der Waals surface area (Å²) in [5.74, 6) is -0.887. The molecule has 1 amide bonds. The summed E-state index contributed by atoms with van der Waals surface area (Å²) in [6, 6.07) is 8.46. The predicted molar refractivity (Wildman–Crippen MR) is 50.3 cm³/mol. The van der Waals surface area contributed by atoms with Crippen LogP contribution < -0.4 is 5.48 Å². The zero-order chi connectivity index (χ0) is 10.4. The summed E-state index contributed by atoms with van der Waals surface area (Å²) < 4.78 is 0. The Hall–Kier alpha value is -1.84. The lowest BCUT2D eigenvalue weighted by atomic mass is 10.2. The van der Waals surface area contributed by atoms with Gasteiger partial charge < -0.3 is 4.84 Å². The first kappa shape index (κ1) is 10.2. The molecule has 0 saturated heterocycles. The minimum atomic E-state index is -0.563. The number of carbonyl (C=O) groups is 2. The maximum atomic E-state index is 11.2. The molecule has 0 atom stereocenters.